The van der Waals surface area contributed by atoms with Crippen molar-refractivity contribution in [1.82, 2.24) is 14.5 Å². The second-order valence-corrected chi connectivity index (χ2v) is 7.14. The monoisotopic (exact) mass is 407 g/mol. The molecule has 0 bridgehead atoms. The molecule has 1 aromatic carbocycles. The predicted octanol–water partition coefficient (Wildman–Crippen LogP) is 0.693. The van der Waals surface area contributed by atoms with Gasteiger partial charge in [-0.2, -0.15) is 0 Å². The van der Waals surface area contributed by atoms with Gasteiger partial charge in [-0.1, -0.05) is 6.07 Å². The maximum atomic E-state index is 12.0. The van der Waals surface area contributed by atoms with Crippen LogP contribution in [0.5, 0.6) is 11.5 Å². The first kappa shape index (κ1) is 21.6. The summed E-state index contributed by atoms with van der Waals surface area (Å²) in [6.07, 6.45) is 0.667. The van der Waals surface area contributed by atoms with E-state index in [9.17, 15) is 14.4 Å². The van der Waals surface area contributed by atoms with Crippen molar-refractivity contribution in [2.24, 2.45) is 14.1 Å². The number of carbonyl (C=O) groups is 1. The molecule has 1 aromatic heterocycles. The average Bonchev–Trinajstić information content (AvgIpc) is 2.70. The molecule has 0 unspecified atom stereocenters. The number of methoxy groups -OCH3 is 2. The van der Waals surface area contributed by atoms with Gasteiger partial charge in [0, 0.05) is 38.2 Å². The molecular formula is C19H25N3O5S. The minimum Gasteiger partial charge on any atom is -0.493 e. The van der Waals surface area contributed by atoms with Gasteiger partial charge in [-0.25, -0.2) is 4.79 Å². The molecule has 0 saturated heterocycles. The first-order valence-electron chi connectivity index (χ1n) is 8.68. The molecule has 0 spiro atoms. The van der Waals surface area contributed by atoms with Crippen LogP contribution in [0.25, 0.3) is 0 Å². The highest BCUT2D eigenvalue weighted by molar-refractivity contribution is 7.99. The standard InChI is InChI=1S/C19H25N3O5S/c1-21-14(10-18(24)22(2)19(21)25)11-28-12-17(23)20-8-7-13-5-6-15(26-3)16(9-13)27-4/h5-6,9-10H,7-8,11-12H2,1-4H3,(H,20,23). The normalized spacial score (nSPS) is 10.6. The van der Waals surface area contributed by atoms with Crippen molar-refractivity contribution >= 4 is 17.7 Å². The number of hydrogen-bond acceptors (Lipinski definition) is 6. The Morgan fingerprint density at radius 3 is 2.46 bits per heavy atom. The lowest BCUT2D eigenvalue weighted by atomic mass is 10.1. The molecule has 28 heavy (non-hydrogen) atoms. The van der Waals surface area contributed by atoms with Crippen LogP contribution in [-0.4, -0.2) is 41.6 Å². The van der Waals surface area contributed by atoms with E-state index < -0.39 is 0 Å². The quantitative estimate of drug-likeness (QED) is 0.658. The van der Waals surface area contributed by atoms with E-state index >= 15 is 0 Å². The number of ether oxygens (including phenoxy) is 2. The van der Waals surface area contributed by atoms with Gasteiger partial charge in [-0.05, 0) is 24.1 Å². The van der Waals surface area contributed by atoms with Crippen molar-refractivity contribution in [2.45, 2.75) is 12.2 Å². The van der Waals surface area contributed by atoms with Gasteiger partial charge in [-0.15, -0.1) is 11.8 Å². The van der Waals surface area contributed by atoms with Crippen molar-refractivity contribution in [2.75, 3.05) is 26.5 Å². The summed E-state index contributed by atoms with van der Waals surface area (Å²) in [4.78, 5) is 35.6. The average molecular weight is 407 g/mol. The predicted molar refractivity (Wildman–Crippen MR) is 109 cm³/mol. The zero-order valence-corrected chi connectivity index (χ0v) is 17.3. The Kier molecular flexibility index (Phi) is 7.74. The van der Waals surface area contributed by atoms with Gasteiger partial charge >= 0.3 is 5.69 Å². The van der Waals surface area contributed by atoms with Crippen LogP contribution in [0, 0.1) is 0 Å². The molecule has 0 aliphatic rings. The number of nitrogens with one attached hydrogen (secondary N) is 1. The van der Waals surface area contributed by atoms with E-state index in [-0.39, 0.29) is 22.9 Å². The topological polar surface area (TPSA) is 91.6 Å². The zero-order valence-electron chi connectivity index (χ0n) is 16.5. The van der Waals surface area contributed by atoms with Gasteiger partial charge in [0.25, 0.3) is 5.56 Å². The van der Waals surface area contributed by atoms with Gasteiger partial charge in [0.15, 0.2) is 11.5 Å². The van der Waals surface area contributed by atoms with Crippen LogP contribution < -0.4 is 26.0 Å². The summed E-state index contributed by atoms with van der Waals surface area (Å²) in [7, 11) is 6.22. The van der Waals surface area contributed by atoms with E-state index in [1.165, 1.54) is 29.4 Å². The maximum absolute atomic E-state index is 12.0. The second kappa shape index (κ2) is 10.0. The molecule has 2 aromatic rings. The van der Waals surface area contributed by atoms with E-state index in [1.54, 1.807) is 21.3 Å². The summed E-state index contributed by atoms with van der Waals surface area (Å²) < 4.78 is 12.9. The van der Waals surface area contributed by atoms with E-state index in [0.29, 0.717) is 35.9 Å². The molecule has 0 aliphatic heterocycles. The summed E-state index contributed by atoms with van der Waals surface area (Å²) >= 11 is 1.35. The number of thioether (sulfide) groups is 1. The number of benzene rings is 1. The number of amides is 1. The third kappa shape index (κ3) is 5.41. The second-order valence-electron chi connectivity index (χ2n) is 6.16. The number of rotatable bonds is 9. The molecule has 0 aliphatic carbocycles. The Morgan fingerprint density at radius 1 is 1.07 bits per heavy atom. The number of carbonyl (C=O) groups excluding carboxylic acids is 1. The summed E-state index contributed by atoms with van der Waals surface area (Å²) in [6.45, 7) is 0.499. The number of nitrogens with zero attached hydrogens (tertiary/aromatic N) is 2. The molecule has 0 fully saturated rings. The summed E-state index contributed by atoms with van der Waals surface area (Å²) in [6, 6.07) is 7.07. The van der Waals surface area contributed by atoms with Gasteiger partial charge in [0.2, 0.25) is 5.91 Å². The van der Waals surface area contributed by atoms with E-state index in [2.05, 4.69) is 5.32 Å². The van der Waals surface area contributed by atoms with E-state index in [1.807, 2.05) is 18.2 Å². The molecule has 152 valence electrons. The Bertz CT molecular complexity index is 952. The Hall–Kier alpha value is -2.68. The van der Waals surface area contributed by atoms with Crippen LogP contribution in [-0.2, 0) is 31.1 Å². The van der Waals surface area contributed by atoms with E-state index in [4.69, 9.17) is 9.47 Å². The third-order valence-corrected chi connectivity index (χ3v) is 5.26. The first-order chi connectivity index (χ1) is 13.4. The van der Waals surface area contributed by atoms with Crippen LogP contribution in [0.2, 0.25) is 0 Å². The van der Waals surface area contributed by atoms with Crippen LogP contribution in [0.15, 0.2) is 33.9 Å². The maximum Gasteiger partial charge on any atom is 0.330 e. The molecule has 0 saturated carbocycles. The van der Waals surface area contributed by atoms with Crippen molar-refractivity contribution in [3.05, 3.63) is 56.4 Å². The first-order valence-corrected chi connectivity index (χ1v) is 9.84. The van der Waals surface area contributed by atoms with Crippen molar-refractivity contribution in [1.29, 1.82) is 0 Å². The summed E-state index contributed by atoms with van der Waals surface area (Å²) in [5, 5.41) is 2.86. The molecule has 2 rings (SSSR count). The van der Waals surface area contributed by atoms with Gasteiger partial charge in [0.05, 0.1) is 20.0 Å². The lowest BCUT2D eigenvalue weighted by Gasteiger charge is -2.11. The number of hydrogen-bond donors (Lipinski definition) is 1. The summed E-state index contributed by atoms with van der Waals surface area (Å²) in [5.74, 6) is 1.87. The van der Waals surface area contributed by atoms with Crippen LogP contribution in [0.4, 0.5) is 0 Å². The molecule has 1 amide bonds. The molecule has 1 N–H and O–H groups in total. The molecule has 8 nitrogen and oxygen atoms in total. The van der Waals surface area contributed by atoms with Crippen molar-refractivity contribution in [3.63, 3.8) is 0 Å². The summed E-state index contributed by atoms with van der Waals surface area (Å²) in [5.41, 5.74) is 0.900. The van der Waals surface area contributed by atoms with Gasteiger partial charge in [0.1, 0.15) is 0 Å². The van der Waals surface area contributed by atoms with E-state index in [0.717, 1.165) is 10.1 Å². The largest absolute Gasteiger partial charge is 0.493 e. The third-order valence-electron chi connectivity index (χ3n) is 4.29. The highest BCUT2D eigenvalue weighted by Gasteiger charge is 2.08. The lowest BCUT2D eigenvalue weighted by molar-refractivity contribution is -0.118. The fourth-order valence-electron chi connectivity index (χ4n) is 2.60. The fourth-order valence-corrected chi connectivity index (χ4v) is 3.47. The van der Waals surface area contributed by atoms with Gasteiger partial charge < -0.3 is 14.8 Å². The highest BCUT2D eigenvalue weighted by Crippen LogP contribution is 2.27. The smallest absolute Gasteiger partial charge is 0.330 e. The minimum absolute atomic E-state index is 0.0979. The van der Waals surface area contributed by atoms with Crippen LogP contribution in [0.1, 0.15) is 11.3 Å². The Balaban J connectivity index is 1.80. The van der Waals surface area contributed by atoms with Crippen LogP contribution >= 0.6 is 11.8 Å². The molecular weight excluding hydrogens is 382 g/mol. The zero-order chi connectivity index (χ0) is 20.7. The van der Waals surface area contributed by atoms with Crippen LogP contribution in [0.3, 0.4) is 0 Å². The number of aromatic nitrogens is 2. The highest BCUT2D eigenvalue weighted by atomic mass is 32.2. The molecule has 1 heterocycles. The minimum atomic E-state index is -0.373. The molecule has 0 radical (unpaired) electrons. The SMILES string of the molecule is COc1ccc(CCNC(=O)CSCc2cc(=O)n(C)c(=O)n2C)cc1OC. The van der Waals surface area contributed by atoms with Crippen molar-refractivity contribution in [3.8, 4) is 11.5 Å². The van der Waals surface area contributed by atoms with Gasteiger partial charge in [-0.3, -0.25) is 18.7 Å². The lowest BCUT2D eigenvalue weighted by Crippen LogP contribution is -2.37. The van der Waals surface area contributed by atoms with Crippen molar-refractivity contribution < 1.29 is 14.3 Å². The molecule has 0 atom stereocenters. The molecule has 9 heteroatoms. The fraction of sp³-hybridized carbons (Fsp3) is 0.421. The Morgan fingerprint density at radius 2 is 1.79 bits per heavy atom. The Labute approximate surface area is 167 Å².